The molecule has 0 saturated carbocycles. The van der Waals surface area contributed by atoms with Crippen LogP contribution in [-0.4, -0.2) is 43.1 Å². The molecule has 0 saturated heterocycles. The zero-order chi connectivity index (χ0) is 17.6. The molecule has 0 heterocycles. The molecule has 2 aromatic rings. The minimum Gasteiger partial charge on any atom is -0.507 e. The van der Waals surface area contributed by atoms with Gasteiger partial charge in [-0.3, -0.25) is 9.59 Å². The van der Waals surface area contributed by atoms with E-state index in [4.69, 9.17) is 14.2 Å². The quantitative estimate of drug-likeness (QED) is 0.756. The van der Waals surface area contributed by atoms with Gasteiger partial charge in [0.1, 0.15) is 5.75 Å². The molecule has 0 unspecified atom stereocenters. The fourth-order valence-electron chi connectivity index (χ4n) is 2.91. The Morgan fingerprint density at radius 2 is 1.33 bits per heavy atom. The second kappa shape index (κ2) is 5.45. The number of carbonyl (C=O) groups excluding carboxylic acids is 2. The van der Waals surface area contributed by atoms with Gasteiger partial charge in [-0.15, -0.1) is 0 Å². The third-order valence-electron chi connectivity index (χ3n) is 3.92. The van der Waals surface area contributed by atoms with E-state index in [0.29, 0.717) is 0 Å². The first-order valence-corrected chi connectivity index (χ1v) is 6.94. The summed E-state index contributed by atoms with van der Waals surface area (Å²) in [5.41, 5.74) is -0.348. The van der Waals surface area contributed by atoms with Crippen LogP contribution in [0.25, 0.3) is 0 Å². The van der Waals surface area contributed by atoms with Gasteiger partial charge in [0, 0.05) is 5.56 Å². The molecule has 7 heteroatoms. The van der Waals surface area contributed by atoms with Gasteiger partial charge in [-0.05, 0) is 6.07 Å². The molecule has 3 rings (SSSR count). The van der Waals surface area contributed by atoms with Crippen LogP contribution < -0.4 is 14.2 Å². The van der Waals surface area contributed by atoms with E-state index in [0.717, 1.165) is 0 Å². The van der Waals surface area contributed by atoms with Crippen molar-refractivity contribution in [3.8, 4) is 28.7 Å². The van der Waals surface area contributed by atoms with Crippen LogP contribution >= 0.6 is 0 Å². The van der Waals surface area contributed by atoms with E-state index in [1.165, 1.54) is 39.5 Å². The highest BCUT2D eigenvalue weighted by Gasteiger charge is 2.40. The van der Waals surface area contributed by atoms with E-state index in [2.05, 4.69) is 0 Å². The first-order valence-electron chi connectivity index (χ1n) is 6.94. The number of methoxy groups -OCH3 is 3. The molecule has 24 heavy (non-hydrogen) atoms. The zero-order valence-corrected chi connectivity index (χ0v) is 13.2. The molecule has 124 valence electrons. The number of rotatable bonds is 3. The maximum absolute atomic E-state index is 12.9. The summed E-state index contributed by atoms with van der Waals surface area (Å²) in [6, 6.07) is 4.21. The molecule has 1 aliphatic carbocycles. The van der Waals surface area contributed by atoms with Crippen molar-refractivity contribution in [2.45, 2.75) is 0 Å². The largest absolute Gasteiger partial charge is 0.507 e. The lowest BCUT2D eigenvalue weighted by atomic mass is 9.82. The second-order valence-electron chi connectivity index (χ2n) is 5.06. The fourth-order valence-corrected chi connectivity index (χ4v) is 2.91. The lowest BCUT2D eigenvalue weighted by molar-refractivity contribution is 0.0970. The molecule has 0 fully saturated rings. The van der Waals surface area contributed by atoms with Crippen molar-refractivity contribution in [2.75, 3.05) is 21.3 Å². The Balaban J connectivity index is 2.48. The predicted molar refractivity (Wildman–Crippen MR) is 82.7 cm³/mol. The van der Waals surface area contributed by atoms with E-state index in [1.54, 1.807) is 0 Å². The molecular formula is C17H14O7. The Morgan fingerprint density at radius 1 is 0.750 bits per heavy atom. The van der Waals surface area contributed by atoms with Crippen LogP contribution in [0.5, 0.6) is 28.7 Å². The number of aromatic hydroxyl groups is 2. The van der Waals surface area contributed by atoms with Gasteiger partial charge in [-0.25, -0.2) is 0 Å². The van der Waals surface area contributed by atoms with Gasteiger partial charge in [0.2, 0.25) is 17.3 Å². The Bertz CT molecular complexity index is 883. The van der Waals surface area contributed by atoms with E-state index in [9.17, 15) is 19.8 Å². The number of carbonyl (C=O) groups is 2. The Hall–Kier alpha value is -3.22. The van der Waals surface area contributed by atoms with Crippen LogP contribution in [0.15, 0.2) is 18.2 Å². The SMILES string of the molecule is COc1c(O)c(OC)c2c(c1OC)C(=O)c1cccc(O)c1C2=O. The van der Waals surface area contributed by atoms with Crippen molar-refractivity contribution in [2.24, 2.45) is 0 Å². The summed E-state index contributed by atoms with van der Waals surface area (Å²) in [5, 5.41) is 20.3. The zero-order valence-electron chi connectivity index (χ0n) is 13.2. The van der Waals surface area contributed by atoms with Crippen molar-refractivity contribution in [3.63, 3.8) is 0 Å². The number of phenols is 2. The van der Waals surface area contributed by atoms with Crippen molar-refractivity contribution >= 4 is 11.6 Å². The number of benzene rings is 2. The highest BCUT2D eigenvalue weighted by Crippen LogP contribution is 2.52. The summed E-state index contributed by atoms with van der Waals surface area (Å²) in [7, 11) is 3.83. The van der Waals surface area contributed by atoms with Crippen molar-refractivity contribution in [3.05, 3.63) is 40.5 Å². The molecule has 0 aromatic heterocycles. The monoisotopic (exact) mass is 330 g/mol. The molecule has 1 aliphatic rings. The summed E-state index contributed by atoms with van der Waals surface area (Å²) in [4.78, 5) is 25.8. The van der Waals surface area contributed by atoms with Gasteiger partial charge in [0.05, 0.1) is 38.0 Å². The van der Waals surface area contributed by atoms with Crippen LogP contribution in [0.2, 0.25) is 0 Å². The first kappa shape index (κ1) is 15.7. The van der Waals surface area contributed by atoms with Crippen LogP contribution in [0.3, 0.4) is 0 Å². The fraction of sp³-hybridized carbons (Fsp3) is 0.176. The Kier molecular flexibility index (Phi) is 3.56. The number of hydrogen-bond acceptors (Lipinski definition) is 7. The number of phenolic OH excluding ortho intramolecular Hbond substituents is 2. The third-order valence-corrected chi connectivity index (χ3v) is 3.92. The topological polar surface area (TPSA) is 102 Å². The molecule has 2 N–H and O–H groups in total. The second-order valence-corrected chi connectivity index (χ2v) is 5.06. The normalized spacial score (nSPS) is 12.5. The van der Waals surface area contributed by atoms with Crippen LogP contribution in [0.4, 0.5) is 0 Å². The first-order chi connectivity index (χ1) is 11.5. The molecule has 0 atom stereocenters. The highest BCUT2D eigenvalue weighted by molar-refractivity contribution is 6.31. The van der Waals surface area contributed by atoms with E-state index in [-0.39, 0.29) is 45.3 Å². The number of fused-ring (bicyclic) bond motifs is 2. The molecule has 2 aromatic carbocycles. The van der Waals surface area contributed by atoms with Crippen LogP contribution in [0, 0.1) is 0 Å². The van der Waals surface area contributed by atoms with E-state index >= 15 is 0 Å². The summed E-state index contributed by atoms with van der Waals surface area (Å²) in [5.74, 6) is -2.37. The average Bonchev–Trinajstić information content (AvgIpc) is 2.58. The van der Waals surface area contributed by atoms with Crippen LogP contribution in [0.1, 0.15) is 31.8 Å². The van der Waals surface area contributed by atoms with Crippen molar-refractivity contribution < 1.29 is 34.0 Å². The maximum Gasteiger partial charge on any atom is 0.207 e. The van der Waals surface area contributed by atoms with Gasteiger partial charge in [-0.2, -0.15) is 0 Å². The summed E-state index contributed by atoms with van der Waals surface area (Å²) >= 11 is 0. The number of ketones is 2. The molecule has 0 amide bonds. The Morgan fingerprint density at radius 3 is 1.92 bits per heavy atom. The van der Waals surface area contributed by atoms with E-state index < -0.39 is 17.3 Å². The molecule has 0 bridgehead atoms. The molecular weight excluding hydrogens is 316 g/mol. The van der Waals surface area contributed by atoms with Crippen LogP contribution in [-0.2, 0) is 0 Å². The average molecular weight is 330 g/mol. The van der Waals surface area contributed by atoms with Gasteiger partial charge in [0.25, 0.3) is 0 Å². The maximum atomic E-state index is 12.9. The van der Waals surface area contributed by atoms with Crippen molar-refractivity contribution in [1.82, 2.24) is 0 Å². The van der Waals surface area contributed by atoms with Gasteiger partial charge < -0.3 is 24.4 Å². The minimum absolute atomic E-state index is 0.0422. The summed E-state index contributed by atoms with van der Waals surface area (Å²) in [6.45, 7) is 0. The Labute approximate surface area is 137 Å². The predicted octanol–water partition coefficient (Wildman–Crippen LogP) is 1.90. The summed E-state index contributed by atoms with van der Waals surface area (Å²) < 4.78 is 15.4. The molecule has 7 nitrogen and oxygen atoms in total. The standard InChI is InChI=1S/C17H14O7/c1-22-15-11-10(16(23-2)17(24-3)14(15)21)12(19)7-5-4-6-8(18)9(7)13(11)20/h4-6,18,21H,1-3H3. The van der Waals surface area contributed by atoms with Gasteiger partial charge >= 0.3 is 0 Å². The lowest BCUT2D eigenvalue weighted by Crippen LogP contribution is -2.23. The number of hydrogen-bond donors (Lipinski definition) is 2. The third kappa shape index (κ3) is 1.84. The van der Waals surface area contributed by atoms with Gasteiger partial charge in [-0.1, -0.05) is 12.1 Å². The molecule has 0 radical (unpaired) electrons. The molecule has 0 aliphatic heterocycles. The number of ether oxygens (including phenoxy) is 3. The van der Waals surface area contributed by atoms with Crippen molar-refractivity contribution in [1.29, 1.82) is 0 Å². The summed E-state index contributed by atoms with van der Waals surface area (Å²) in [6.07, 6.45) is 0. The van der Waals surface area contributed by atoms with E-state index in [1.807, 2.05) is 0 Å². The molecule has 0 spiro atoms. The van der Waals surface area contributed by atoms with Gasteiger partial charge in [0.15, 0.2) is 17.3 Å². The lowest BCUT2D eigenvalue weighted by Gasteiger charge is -2.24. The smallest absolute Gasteiger partial charge is 0.207 e. The highest BCUT2D eigenvalue weighted by atomic mass is 16.5. The minimum atomic E-state index is -0.647.